The number of phenols is 1. The number of amides is 1. The number of nitro groups is 1. The van der Waals surface area contributed by atoms with Gasteiger partial charge in [0.2, 0.25) is 0 Å². The number of nitrogens with zero attached hydrogens (tertiary/aromatic N) is 2. The number of non-ortho nitro benzene ring substituents is 1. The van der Waals surface area contributed by atoms with Crippen molar-refractivity contribution in [3.8, 4) is 17.2 Å². The van der Waals surface area contributed by atoms with Crippen LogP contribution in [0.2, 0.25) is 0 Å². The molecule has 0 heterocycles. The number of nitro benzene ring substituents is 1. The van der Waals surface area contributed by atoms with Gasteiger partial charge in [0, 0.05) is 12.1 Å². The molecule has 0 radical (unpaired) electrons. The first-order valence-electron chi connectivity index (χ1n) is 8.10. The summed E-state index contributed by atoms with van der Waals surface area (Å²) in [5.74, 6) is 0.173. The lowest BCUT2D eigenvalue weighted by Gasteiger charge is -2.12. The first kappa shape index (κ1) is 19.7. The zero-order valence-corrected chi connectivity index (χ0v) is 14.8. The normalized spacial score (nSPS) is 11.8. The number of nitrogens with one attached hydrogen (secondary N) is 1. The highest BCUT2D eigenvalue weighted by Gasteiger charge is 2.14. The quantitative estimate of drug-likeness (QED) is 0.416. The Kier molecular flexibility index (Phi) is 6.70. The van der Waals surface area contributed by atoms with Crippen molar-refractivity contribution < 1.29 is 24.3 Å². The molecule has 0 aliphatic carbocycles. The van der Waals surface area contributed by atoms with Gasteiger partial charge in [-0.05, 0) is 49.7 Å². The maximum absolute atomic E-state index is 12.0. The highest BCUT2D eigenvalue weighted by atomic mass is 16.6. The molecular formula is C18H19N3O6. The summed E-state index contributed by atoms with van der Waals surface area (Å²) >= 11 is 0. The largest absolute Gasteiger partial charge is 0.504 e. The Morgan fingerprint density at radius 1 is 1.33 bits per heavy atom. The molecule has 0 spiro atoms. The van der Waals surface area contributed by atoms with Gasteiger partial charge in [-0.1, -0.05) is 0 Å². The SMILES string of the molecule is CCOc1cc(/C=N\NC(=O)[C@@H](C)Oc2ccc([N+](=O)[O-])cc2)ccc1O. The van der Waals surface area contributed by atoms with Gasteiger partial charge in [0.15, 0.2) is 17.6 Å². The molecular weight excluding hydrogens is 354 g/mol. The molecule has 1 atom stereocenters. The van der Waals surface area contributed by atoms with E-state index in [1.54, 1.807) is 19.1 Å². The lowest BCUT2D eigenvalue weighted by atomic mass is 10.2. The van der Waals surface area contributed by atoms with E-state index in [-0.39, 0.29) is 11.4 Å². The Morgan fingerprint density at radius 3 is 2.67 bits per heavy atom. The van der Waals surface area contributed by atoms with Crippen LogP contribution in [-0.4, -0.2) is 34.9 Å². The van der Waals surface area contributed by atoms with Crippen LogP contribution >= 0.6 is 0 Å². The van der Waals surface area contributed by atoms with Crippen molar-refractivity contribution >= 4 is 17.8 Å². The van der Waals surface area contributed by atoms with Gasteiger partial charge in [-0.25, -0.2) is 5.43 Å². The average molecular weight is 373 g/mol. The Balaban J connectivity index is 1.91. The number of hydrogen-bond donors (Lipinski definition) is 2. The van der Waals surface area contributed by atoms with Gasteiger partial charge in [-0.2, -0.15) is 5.10 Å². The first-order chi connectivity index (χ1) is 12.9. The van der Waals surface area contributed by atoms with Gasteiger partial charge in [0.05, 0.1) is 17.7 Å². The second-order valence-corrected chi connectivity index (χ2v) is 5.41. The fourth-order valence-electron chi connectivity index (χ4n) is 2.05. The van der Waals surface area contributed by atoms with Gasteiger partial charge < -0.3 is 14.6 Å². The summed E-state index contributed by atoms with van der Waals surface area (Å²) in [7, 11) is 0. The highest BCUT2D eigenvalue weighted by Crippen LogP contribution is 2.26. The Bertz CT molecular complexity index is 835. The van der Waals surface area contributed by atoms with Crippen LogP contribution in [0, 0.1) is 10.1 Å². The zero-order chi connectivity index (χ0) is 19.8. The first-order valence-corrected chi connectivity index (χ1v) is 8.10. The molecule has 0 saturated carbocycles. The van der Waals surface area contributed by atoms with E-state index in [0.29, 0.717) is 23.7 Å². The van der Waals surface area contributed by atoms with E-state index in [0.717, 1.165) is 0 Å². The van der Waals surface area contributed by atoms with E-state index in [2.05, 4.69) is 10.5 Å². The number of phenolic OH excluding ortho intramolecular Hbond substituents is 1. The van der Waals surface area contributed by atoms with Crippen LogP contribution in [0.5, 0.6) is 17.2 Å². The molecule has 9 heteroatoms. The third-order valence-electron chi connectivity index (χ3n) is 3.40. The van der Waals surface area contributed by atoms with E-state index < -0.39 is 16.9 Å². The fourth-order valence-corrected chi connectivity index (χ4v) is 2.05. The molecule has 142 valence electrons. The van der Waals surface area contributed by atoms with Gasteiger partial charge in [-0.3, -0.25) is 14.9 Å². The van der Waals surface area contributed by atoms with Crippen molar-refractivity contribution in [2.75, 3.05) is 6.61 Å². The summed E-state index contributed by atoms with van der Waals surface area (Å²) in [5, 5.41) is 24.1. The third-order valence-corrected chi connectivity index (χ3v) is 3.40. The average Bonchev–Trinajstić information content (AvgIpc) is 2.64. The van der Waals surface area contributed by atoms with E-state index in [1.807, 2.05) is 0 Å². The zero-order valence-electron chi connectivity index (χ0n) is 14.8. The van der Waals surface area contributed by atoms with E-state index >= 15 is 0 Å². The number of carbonyl (C=O) groups is 1. The lowest BCUT2D eigenvalue weighted by Crippen LogP contribution is -2.33. The van der Waals surface area contributed by atoms with Crippen LogP contribution in [0.3, 0.4) is 0 Å². The molecule has 2 aromatic rings. The Hall–Kier alpha value is -3.62. The number of benzene rings is 2. The van der Waals surface area contributed by atoms with Crippen molar-refractivity contribution in [2.24, 2.45) is 5.10 Å². The van der Waals surface area contributed by atoms with Crippen LogP contribution in [0.1, 0.15) is 19.4 Å². The maximum Gasteiger partial charge on any atom is 0.280 e. The van der Waals surface area contributed by atoms with E-state index in [1.165, 1.54) is 43.5 Å². The summed E-state index contributed by atoms with van der Waals surface area (Å²) in [6, 6.07) is 10.1. The minimum absolute atomic E-state index is 0.0168. The molecule has 1 amide bonds. The summed E-state index contributed by atoms with van der Waals surface area (Å²) in [6.45, 7) is 3.73. The predicted octanol–water partition coefficient (Wildman–Crippen LogP) is 2.62. The van der Waals surface area contributed by atoms with Gasteiger partial charge in [0.1, 0.15) is 5.75 Å². The topological polar surface area (TPSA) is 123 Å². The number of carbonyl (C=O) groups excluding carboxylic acids is 1. The molecule has 2 N–H and O–H groups in total. The van der Waals surface area contributed by atoms with Gasteiger partial charge in [-0.15, -0.1) is 0 Å². The van der Waals surface area contributed by atoms with Crippen LogP contribution in [0.4, 0.5) is 5.69 Å². The molecule has 0 unspecified atom stereocenters. The number of hydrazone groups is 1. The molecule has 0 aromatic heterocycles. The molecule has 0 bridgehead atoms. The van der Waals surface area contributed by atoms with E-state index in [9.17, 15) is 20.0 Å². The molecule has 2 rings (SSSR count). The Morgan fingerprint density at radius 2 is 2.04 bits per heavy atom. The summed E-state index contributed by atoms with van der Waals surface area (Å²) < 4.78 is 10.7. The lowest BCUT2D eigenvalue weighted by molar-refractivity contribution is -0.384. The van der Waals surface area contributed by atoms with Crippen molar-refractivity contribution in [1.82, 2.24) is 5.43 Å². The minimum atomic E-state index is -0.859. The maximum atomic E-state index is 12.0. The molecule has 2 aromatic carbocycles. The van der Waals surface area contributed by atoms with Gasteiger partial charge in [0.25, 0.3) is 11.6 Å². The van der Waals surface area contributed by atoms with E-state index in [4.69, 9.17) is 9.47 Å². The number of aromatic hydroxyl groups is 1. The molecule has 0 saturated heterocycles. The minimum Gasteiger partial charge on any atom is -0.504 e. The standard InChI is InChI=1S/C18H19N3O6/c1-3-26-17-10-13(4-9-16(17)22)11-19-20-18(23)12(2)27-15-7-5-14(6-8-15)21(24)25/h4-12,22H,3H2,1-2H3,(H,20,23)/b19-11-/t12-/m1/s1. The van der Waals surface area contributed by atoms with Crippen molar-refractivity contribution in [1.29, 1.82) is 0 Å². The smallest absolute Gasteiger partial charge is 0.280 e. The Labute approximate surface area is 155 Å². The summed E-state index contributed by atoms with van der Waals surface area (Å²) in [6.07, 6.45) is 0.542. The highest BCUT2D eigenvalue weighted by molar-refractivity contribution is 5.84. The molecule has 27 heavy (non-hydrogen) atoms. The predicted molar refractivity (Wildman–Crippen MR) is 98.2 cm³/mol. The number of ether oxygens (including phenoxy) is 2. The third kappa shape index (κ3) is 5.70. The summed E-state index contributed by atoms with van der Waals surface area (Å²) in [5.41, 5.74) is 2.90. The second-order valence-electron chi connectivity index (χ2n) is 5.41. The van der Waals surface area contributed by atoms with Crippen LogP contribution in [0.25, 0.3) is 0 Å². The van der Waals surface area contributed by atoms with Crippen molar-refractivity contribution in [3.05, 3.63) is 58.1 Å². The van der Waals surface area contributed by atoms with Crippen LogP contribution in [0.15, 0.2) is 47.6 Å². The van der Waals surface area contributed by atoms with Crippen molar-refractivity contribution in [3.63, 3.8) is 0 Å². The molecule has 0 aliphatic heterocycles. The molecule has 0 fully saturated rings. The monoisotopic (exact) mass is 373 g/mol. The summed E-state index contributed by atoms with van der Waals surface area (Å²) in [4.78, 5) is 22.1. The molecule has 0 aliphatic rings. The molecule has 9 nitrogen and oxygen atoms in total. The van der Waals surface area contributed by atoms with Gasteiger partial charge >= 0.3 is 0 Å². The van der Waals surface area contributed by atoms with Crippen molar-refractivity contribution in [2.45, 2.75) is 20.0 Å². The number of hydrogen-bond acceptors (Lipinski definition) is 7. The van der Waals surface area contributed by atoms with Crippen LogP contribution in [-0.2, 0) is 4.79 Å². The van der Waals surface area contributed by atoms with Crippen LogP contribution < -0.4 is 14.9 Å². The number of rotatable bonds is 8. The second kappa shape index (κ2) is 9.18. The fraction of sp³-hybridized carbons (Fsp3) is 0.222.